The molecule has 4 nitrogen and oxygen atoms in total. The number of nitrogens with one attached hydrogen (secondary N) is 1. The highest BCUT2D eigenvalue weighted by Crippen LogP contribution is 2.23. The Morgan fingerprint density at radius 2 is 2.05 bits per heavy atom. The third-order valence-corrected chi connectivity index (χ3v) is 3.60. The van der Waals surface area contributed by atoms with E-state index in [0.29, 0.717) is 23.7 Å². The van der Waals surface area contributed by atoms with Crippen LogP contribution in [0.1, 0.15) is 29.8 Å². The minimum atomic E-state index is -0.842. The van der Waals surface area contributed by atoms with E-state index in [1.807, 2.05) is 6.92 Å². The normalized spacial score (nSPS) is 18.1. The van der Waals surface area contributed by atoms with Crippen LogP contribution in [0.2, 0.25) is 5.02 Å². The topological polar surface area (TPSA) is 49.4 Å². The molecule has 0 radical (unpaired) electrons. The maximum atomic E-state index is 12.6. The van der Waals surface area contributed by atoms with Crippen molar-refractivity contribution in [1.82, 2.24) is 10.2 Å². The molecular formula is C14H17ClN2O2. The van der Waals surface area contributed by atoms with E-state index in [2.05, 4.69) is 5.32 Å². The number of aryl methyl sites for hydroxylation is 1. The number of halogens is 1. The van der Waals surface area contributed by atoms with Crippen LogP contribution in [0, 0.1) is 6.92 Å². The molecule has 2 amide bonds. The van der Waals surface area contributed by atoms with E-state index in [0.717, 1.165) is 5.56 Å². The molecule has 0 saturated carbocycles. The molecule has 0 atom stereocenters. The van der Waals surface area contributed by atoms with Crippen LogP contribution >= 0.6 is 11.6 Å². The van der Waals surface area contributed by atoms with Crippen LogP contribution in [0.5, 0.6) is 0 Å². The van der Waals surface area contributed by atoms with Crippen molar-refractivity contribution in [3.63, 3.8) is 0 Å². The van der Waals surface area contributed by atoms with Crippen LogP contribution in [-0.2, 0) is 4.79 Å². The van der Waals surface area contributed by atoms with Crippen LogP contribution in [-0.4, -0.2) is 35.3 Å². The van der Waals surface area contributed by atoms with Gasteiger partial charge in [-0.3, -0.25) is 9.59 Å². The van der Waals surface area contributed by atoms with Gasteiger partial charge in [-0.1, -0.05) is 11.6 Å². The molecule has 102 valence electrons. The maximum absolute atomic E-state index is 12.6. The average Bonchev–Trinajstić information content (AvgIpc) is 2.30. The second kappa shape index (κ2) is 4.85. The van der Waals surface area contributed by atoms with Crippen molar-refractivity contribution in [2.24, 2.45) is 0 Å². The summed E-state index contributed by atoms with van der Waals surface area (Å²) in [6.07, 6.45) is 0. The average molecular weight is 281 g/mol. The fourth-order valence-electron chi connectivity index (χ4n) is 2.27. The van der Waals surface area contributed by atoms with Gasteiger partial charge in [0.2, 0.25) is 5.91 Å². The lowest BCUT2D eigenvalue weighted by molar-refractivity contribution is -0.133. The largest absolute Gasteiger partial charge is 0.352 e. The molecule has 1 N–H and O–H groups in total. The zero-order valence-corrected chi connectivity index (χ0v) is 12.0. The zero-order valence-electron chi connectivity index (χ0n) is 11.3. The summed E-state index contributed by atoms with van der Waals surface area (Å²) < 4.78 is 0. The molecule has 0 bridgehead atoms. The van der Waals surface area contributed by atoms with E-state index in [1.54, 1.807) is 36.9 Å². The summed E-state index contributed by atoms with van der Waals surface area (Å²) in [5.41, 5.74) is 0.605. The van der Waals surface area contributed by atoms with Crippen LogP contribution < -0.4 is 5.32 Å². The zero-order chi connectivity index (χ0) is 14.2. The first-order chi connectivity index (χ1) is 8.82. The summed E-state index contributed by atoms with van der Waals surface area (Å²) in [7, 11) is 0. The van der Waals surface area contributed by atoms with Crippen molar-refractivity contribution in [2.75, 3.05) is 13.1 Å². The number of benzene rings is 1. The highest BCUT2D eigenvalue weighted by atomic mass is 35.5. The summed E-state index contributed by atoms with van der Waals surface area (Å²) >= 11 is 5.98. The van der Waals surface area contributed by atoms with Gasteiger partial charge in [0.05, 0.1) is 0 Å². The lowest BCUT2D eigenvalue weighted by atomic mass is 9.97. The Hall–Kier alpha value is -1.55. The van der Waals surface area contributed by atoms with Gasteiger partial charge in [0.1, 0.15) is 5.54 Å². The molecule has 0 spiro atoms. The fraction of sp³-hybridized carbons (Fsp3) is 0.429. The van der Waals surface area contributed by atoms with E-state index >= 15 is 0 Å². The highest BCUT2D eigenvalue weighted by Gasteiger charge is 2.40. The van der Waals surface area contributed by atoms with Crippen LogP contribution in [0.4, 0.5) is 0 Å². The summed E-state index contributed by atoms with van der Waals surface area (Å²) in [4.78, 5) is 26.0. The van der Waals surface area contributed by atoms with E-state index in [4.69, 9.17) is 11.6 Å². The van der Waals surface area contributed by atoms with E-state index < -0.39 is 5.54 Å². The second-order valence-corrected chi connectivity index (χ2v) is 5.73. The standard InChI is InChI=1S/C14H17ClN2O2/c1-9-6-10(8-11(15)7-9)12(18)17-5-4-16-13(19)14(17,2)3/h6-8H,4-5H2,1-3H3,(H,16,19). The Balaban J connectivity index is 2.35. The maximum Gasteiger partial charge on any atom is 0.254 e. The molecule has 0 aliphatic carbocycles. The number of amides is 2. The van der Waals surface area contributed by atoms with Crippen molar-refractivity contribution in [1.29, 1.82) is 0 Å². The van der Waals surface area contributed by atoms with Crippen molar-refractivity contribution in [3.8, 4) is 0 Å². The number of nitrogens with zero attached hydrogens (tertiary/aromatic N) is 1. The van der Waals surface area contributed by atoms with Crippen molar-refractivity contribution < 1.29 is 9.59 Å². The third kappa shape index (κ3) is 2.59. The number of piperazine rings is 1. The minimum absolute atomic E-state index is 0.133. The Morgan fingerprint density at radius 3 is 2.68 bits per heavy atom. The van der Waals surface area contributed by atoms with Gasteiger partial charge < -0.3 is 10.2 Å². The summed E-state index contributed by atoms with van der Waals surface area (Å²) in [5.74, 6) is -0.295. The molecule has 1 fully saturated rings. The quantitative estimate of drug-likeness (QED) is 0.855. The van der Waals surface area contributed by atoms with Crippen molar-refractivity contribution >= 4 is 23.4 Å². The smallest absolute Gasteiger partial charge is 0.254 e. The van der Waals surface area contributed by atoms with Gasteiger partial charge in [-0.05, 0) is 44.5 Å². The second-order valence-electron chi connectivity index (χ2n) is 5.29. The number of hydrogen-bond acceptors (Lipinski definition) is 2. The van der Waals surface area contributed by atoms with Gasteiger partial charge in [-0.15, -0.1) is 0 Å². The third-order valence-electron chi connectivity index (χ3n) is 3.39. The number of carbonyl (C=O) groups excluding carboxylic acids is 2. The van der Waals surface area contributed by atoms with Gasteiger partial charge in [-0.25, -0.2) is 0 Å². The molecule has 1 aromatic carbocycles. The van der Waals surface area contributed by atoms with Gasteiger partial charge in [0.15, 0.2) is 0 Å². The van der Waals surface area contributed by atoms with Gasteiger partial charge >= 0.3 is 0 Å². The molecular weight excluding hydrogens is 264 g/mol. The fourth-order valence-corrected chi connectivity index (χ4v) is 2.56. The lowest BCUT2D eigenvalue weighted by Crippen LogP contribution is -2.63. The SMILES string of the molecule is Cc1cc(Cl)cc(C(=O)N2CCNC(=O)C2(C)C)c1. The highest BCUT2D eigenvalue weighted by molar-refractivity contribution is 6.31. The first-order valence-electron chi connectivity index (χ1n) is 6.20. The lowest BCUT2D eigenvalue weighted by Gasteiger charge is -2.41. The molecule has 0 unspecified atom stereocenters. The van der Waals surface area contributed by atoms with E-state index in [9.17, 15) is 9.59 Å². The van der Waals surface area contributed by atoms with Crippen LogP contribution in [0.15, 0.2) is 18.2 Å². The number of hydrogen-bond donors (Lipinski definition) is 1. The molecule has 1 heterocycles. The number of carbonyl (C=O) groups is 2. The Kier molecular flexibility index (Phi) is 3.54. The van der Waals surface area contributed by atoms with E-state index in [1.165, 1.54) is 0 Å². The molecule has 1 saturated heterocycles. The first-order valence-corrected chi connectivity index (χ1v) is 6.57. The van der Waals surface area contributed by atoms with Gasteiger partial charge in [0, 0.05) is 23.7 Å². The Labute approximate surface area is 117 Å². The van der Waals surface area contributed by atoms with Crippen molar-refractivity contribution in [3.05, 3.63) is 34.3 Å². The predicted octanol–water partition coefficient (Wildman–Crippen LogP) is 2.00. The molecule has 1 aliphatic rings. The molecule has 1 aromatic rings. The van der Waals surface area contributed by atoms with Crippen LogP contribution in [0.25, 0.3) is 0 Å². The first kappa shape index (κ1) is 13.9. The monoisotopic (exact) mass is 280 g/mol. The predicted molar refractivity (Wildman–Crippen MR) is 74.3 cm³/mol. The van der Waals surface area contributed by atoms with E-state index in [-0.39, 0.29) is 11.8 Å². The Morgan fingerprint density at radius 1 is 1.37 bits per heavy atom. The summed E-state index contributed by atoms with van der Waals surface area (Å²) in [6.45, 7) is 6.36. The summed E-state index contributed by atoms with van der Waals surface area (Å²) in [5, 5.41) is 3.30. The Bertz CT molecular complexity index is 520. The molecule has 5 heteroatoms. The van der Waals surface area contributed by atoms with Crippen molar-refractivity contribution in [2.45, 2.75) is 26.3 Å². The molecule has 2 rings (SSSR count). The minimum Gasteiger partial charge on any atom is -0.352 e. The molecule has 1 aliphatic heterocycles. The molecule has 19 heavy (non-hydrogen) atoms. The van der Waals surface area contributed by atoms with Gasteiger partial charge in [-0.2, -0.15) is 0 Å². The molecule has 0 aromatic heterocycles. The van der Waals surface area contributed by atoms with Crippen LogP contribution in [0.3, 0.4) is 0 Å². The van der Waals surface area contributed by atoms with Gasteiger partial charge in [0.25, 0.3) is 5.91 Å². The summed E-state index contributed by atoms with van der Waals surface area (Å²) in [6, 6.07) is 5.22. The number of rotatable bonds is 1.